The third kappa shape index (κ3) is 3.88. The Balaban J connectivity index is 2.05. The second-order valence-electron chi connectivity index (χ2n) is 5.74. The van der Waals surface area contributed by atoms with Gasteiger partial charge in [0.25, 0.3) is 0 Å². The van der Waals surface area contributed by atoms with E-state index in [9.17, 15) is 13.2 Å². The van der Waals surface area contributed by atoms with E-state index < -0.39 is 11.9 Å². The predicted octanol–water partition coefficient (Wildman–Crippen LogP) is 6.11. The van der Waals surface area contributed by atoms with E-state index in [-0.39, 0.29) is 5.56 Å². The number of oxime groups is 1. The molecule has 0 amide bonds. The molecule has 0 fully saturated rings. The van der Waals surface area contributed by atoms with Crippen molar-refractivity contribution in [2.45, 2.75) is 19.0 Å². The molecule has 3 rings (SSSR count). The van der Waals surface area contributed by atoms with Gasteiger partial charge in [0, 0.05) is 31.7 Å². The number of rotatable bonds is 4. The highest BCUT2D eigenvalue weighted by Crippen LogP contribution is 2.32. The first-order chi connectivity index (χ1) is 12.3. The van der Waals surface area contributed by atoms with Crippen LogP contribution in [-0.4, -0.2) is 22.1 Å². The minimum Gasteiger partial charge on any atom is -0.410 e. The Hall–Kier alpha value is -1.99. The molecule has 0 radical (unpaired) electrons. The number of nitrogens with one attached hydrogen (secondary N) is 1. The van der Waals surface area contributed by atoms with Crippen LogP contribution in [0.4, 0.5) is 13.2 Å². The second-order valence-corrected chi connectivity index (χ2v) is 7.09. The Bertz CT molecular complexity index is 965. The topological polar surface area (TPSA) is 48.4 Å². The van der Waals surface area contributed by atoms with Crippen molar-refractivity contribution >= 4 is 44.1 Å². The fourth-order valence-electron chi connectivity index (χ4n) is 2.85. The molecule has 0 aliphatic heterocycles. The summed E-state index contributed by atoms with van der Waals surface area (Å²) in [4.78, 5) is 3.03. The Morgan fingerprint density at radius 1 is 1.12 bits per heavy atom. The van der Waals surface area contributed by atoms with E-state index in [4.69, 9.17) is 16.8 Å². The average molecular weight is 446 g/mol. The van der Waals surface area contributed by atoms with Gasteiger partial charge < -0.3 is 10.2 Å². The van der Waals surface area contributed by atoms with E-state index in [1.165, 1.54) is 0 Å². The van der Waals surface area contributed by atoms with Crippen molar-refractivity contribution in [2.75, 3.05) is 0 Å². The lowest BCUT2D eigenvalue weighted by Crippen LogP contribution is -2.25. The van der Waals surface area contributed by atoms with Crippen LogP contribution in [0.1, 0.15) is 16.8 Å². The number of aryl methyl sites for hydroxylation is 2. The smallest absolute Gasteiger partial charge is 0.410 e. The molecule has 1 heterocycles. The standard InChI is InChI=1S/C18H13BrClF3N2O/c19-11-4-7-13-15(9-11)24-14(16(13)17(25-26)18(21,22)23)8-3-10-1-5-12(20)6-2-10/h1-2,4-7,9,24,26H,3,8H2/b25-17-. The molecule has 2 aromatic carbocycles. The van der Waals surface area contributed by atoms with Crippen LogP contribution in [0, 0.1) is 0 Å². The van der Waals surface area contributed by atoms with Crippen molar-refractivity contribution in [1.29, 1.82) is 0 Å². The molecular weight excluding hydrogens is 433 g/mol. The SMILES string of the molecule is O/N=C(/c1c(CCc2ccc(Cl)cc2)[nH]c2cc(Br)ccc12)C(F)(F)F. The number of aromatic amines is 1. The molecule has 0 bridgehead atoms. The first-order valence-electron chi connectivity index (χ1n) is 7.64. The second kappa shape index (κ2) is 7.32. The van der Waals surface area contributed by atoms with Crippen LogP contribution in [0.2, 0.25) is 5.02 Å². The number of aromatic nitrogens is 1. The summed E-state index contributed by atoms with van der Waals surface area (Å²) in [7, 11) is 0. The van der Waals surface area contributed by atoms with Crippen LogP contribution in [0.15, 0.2) is 52.1 Å². The van der Waals surface area contributed by atoms with Gasteiger partial charge in [0.05, 0.1) is 0 Å². The Labute approximate surface area is 160 Å². The van der Waals surface area contributed by atoms with Crippen LogP contribution < -0.4 is 0 Å². The molecule has 8 heteroatoms. The van der Waals surface area contributed by atoms with Gasteiger partial charge in [-0.2, -0.15) is 13.2 Å². The van der Waals surface area contributed by atoms with E-state index in [0.717, 1.165) is 10.0 Å². The fourth-order valence-corrected chi connectivity index (χ4v) is 3.34. The van der Waals surface area contributed by atoms with Crippen molar-refractivity contribution in [2.24, 2.45) is 5.16 Å². The number of fused-ring (bicyclic) bond motifs is 1. The lowest BCUT2D eigenvalue weighted by molar-refractivity contribution is -0.0600. The normalized spacial score (nSPS) is 12.7. The zero-order valence-electron chi connectivity index (χ0n) is 13.2. The predicted molar refractivity (Wildman–Crippen MR) is 99.2 cm³/mol. The van der Waals surface area contributed by atoms with Crippen LogP contribution in [0.5, 0.6) is 0 Å². The average Bonchev–Trinajstić information content (AvgIpc) is 2.91. The molecule has 2 N–H and O–H groups in total. The van der Waals surface area contributed by atoms with Gasteiger partial charge in [0.2, 0.25) is 0 Å². The van der Waals surface area contributed by atoms with Crippen molar-refractivity contribution in [3.8, 4) is 0 Å². The number of nitrogens with zero attached hydrogens (tertiary/aromatic N) is 1. The number of H-pyrrole nitrogens is 1. The molecule has 26 heavy (non-hydrogen) atoms. The van der Waals surface area contributed by atoms with Gasteiger partial charge in [0.15, 0.2) is 5.71 Å². The number of halogens is 5. The summed E-state index contributed by atoms with van der Waals surface area (Å²) in [5, 5.41) is 12.5. The van der Waals surface area contributed by atoms with Gasteiger partial charge in [-0.1, -0.05) is 50.9 Å². The van der Waals surface area contributed by atoms with E-state index in [2.05, 4.69) is 26.1 Å². The molecular formula is C18H13BrClF3N2O. The summed E-state index contributed by atoms with van der Waals surface area (Å²) in [6.07, 6.45) is -3.95. The molecule has 1 aromatic heterocycles. The van der Waals surface area contributed by atoms with E-state index >= 15 is 0 Å². The largest absolute Gasteiger partial charge is 0.437 e. The summed E-state index contributed by atoms with van der Waals surface area (Å²) in [6.45, 7) is 0. The lowest BCUT2D eigenvalue weighted by Gasteiger charge is -2.10. The van der Waals surface area contributed by atoms with E-state index in [1.807, 2.05) is 12.1 Å². The Kier molecular flexibility index (Phi) is 5.29. The highest BCUT2D eigenvalue weighted by Gasteiger charge is 2.40. The van der Waals surface area contributed by atoms with E-state index in [1.54, 1.807) is 30.3 Å². The molecule has 0 saturated carbocycles. The van der Waals surface area contributed by atoms with Crippen LogP contribution >= 0.6 is 27.5 Å². The summed E-state index contributed by atoms with van der Waals surface area (Å²) < 4.78 is 40.8. The van der Waals surface area contributed by atoms with Gasteiger partial charge >= 0.3 is 6.18 Å². The Morgan fingerprint density at radius 2 is 1.81 bits per heavy atom. The van der Waals surface area contributed by atoms with Gasteiger partial charge in [0.1, 0.15) is 0 Å². The fraction of sp³-hybridized carbons (Fsp3) is 0.167. The molecule has 3 nitrogen and oxygen atoms in total. The van der Waals surface area contributed by atoms with Gasteiger partial charge in [-0.3, -0.25) is 0 Å². The first-order valence-corrected chi connectivity index (χ1v) is 8.81. The number of alkyl halides is 3. The molecule has 3 aromatic rings. The Morgan fingerprint density at radius 3 is 2.42 bits per heavy atom. The van der Waals surface area contributed by atoms with Gasteiger partial charge in [-0.05, 0) is 42.7 Å². The first kappa shape index (κ1) is 18.8. The maximum atomic E-state index is 13.3. The maximum Gasteiger partial charge on any atom is 0.437 e. The molecule has 0 spiro atoms. The molecule has 0 aliphatic rings. The highest BCUT2D eigenvalue weighted by atomic mass is 79.9. The van der Waals surface area contributed by atoms with Crippen LogP contribution in [0.3, 0.4) is 0 Å². The van der Waals surface area contributed by atoms with Gasteiger partial charge in [-0.15, -0.1) is 0 Å². The van der Waals surface area contributed by atoms with E-state index in [0.29, 0.717) is 34.5 Å². The maximum absolute atomic E-state index is 13.3. The quantitative estimate of drug-likeness (QED) is 0.284. The van der Waals surface area contributed by atoms with Crippen molar-refractivity contribution in [3.05, 3.63) is 68.8 Å². The van der Waals surface area contributed by atoms with Crippen LogP contribution in [0.25, 0.3) is 10.9 Å². The zero-order chi connectivity index (χ0) is 18.9. The summed E-state index contributed by atoms with van der Waals surface area (Å²) >= 11 is 9.16. The molecule has 0 saturated heterocycles. The van der Waals surface area contributed by atoms with Crippen LogP contribution in [-0.2, 0) is 12.8 Å². The minimum absolute atomic E-state index is 0.128. The molecule has 0 atom stereocenters. The van der Waals surface area contributed by atoms with Gasteiger partial charge in [-0.25, -0.2) is 0 Å². The third-order valence-electron chi connectivity index (χ3n) is 4.02. The highest BCUT2D eigenvalue weighted by molar-refractivity contribution is 9.10. The summed E-state index contributed by atoms with van der Waals surface area (Å²) in [5.41, 5.74) is 0.396. The zero-order valence-corrected chi connectivity index (χ0v) is 15.6. The molecule has 136 valence electrons. The number of hydrogen-bond donors (Lipinski definition) is 2. The minimum atomic E-state index is -4.77. The monoisotopic (exact) mass is 444 g/mol. The molecule has 0 aliphatic carbocycles. The summed E-state index contributed by atoms with van der Waals surface area (Å²) in [6, 6.07) is 12.0. The number of benzene rings is 2. The molecule has 0 unspecified atom stereocenters. The summed E-state index contributed by atoms with van der Waals surface area (Å²) in [5.74, 6) is 0. The third-order valence-corrected chi connectivity index (χ3v) is 4.77. The lowest BCUT2D eigenvalue weighted by atomic mass is 10.0. The van der Waals surface area contributed by atoms with Crippen molar-refractivity contribution in [1.82, 2.24) is 4.98 Å². The number of hydrogen-bond acceptors (Lipinski definition) is 2. The van der Waals surface area contributed by atoms with Crippen molar-refractivity contribution in [3.63, 3.8) is 0 Å². The van der Waals surface area contributed by atoms with Crippen molar-refractivity contribution < 1.29 is 18.4 Å².